The number of aliphatic hydroxyl groups is 1. The maximum Gasteiger partial charge on any atom is 0.162 e. The van der Waals surface area contributed by atoms with E-state index in [0.29, 0.717) is 30.5 Å². The van der Waals surface area contributed by atoms with E-state index in [-0.39, 0.29) is 12.6 Å². The fraction of sp³-hybridized carbons (Fsp3) is 0.423. The Morgan fingerprint density at radius 3 is 2.86 bits per heavy atom. The largest absolute Gasteiger partial charge is 0.491 e. The number of hydrogen-bond acceptors (Lipinski definition) is 9. The van der Waals surface area contributed by atoms with Crippen molar-refractivity contribution in [3.63, 3.8) is 0 Å². The van der Waals surface area contributed by atoms with Gasteiger partial charge in [-0.05, 0) is 57.8 Å². The minimum atomic E-state index is -0.598. The molecule has 1 saturated heterocycles. The zero-order chi connectivity index (χ0) is 25.2. The van der Waals surface area contributed by atoms with E-state index in [2.05, 4.69) is 27.7 Å². The fourth-order valence-corrected chi connectivity index (χ4v) is 3.75. The summed E-state index contributed by atoms with van der Waals surface area (Å²) in [5.74, 6) is 2.62. The molecule has 2 atom stereocenters. The summed E-state index contributed by atoms with van der Waals surface area (Å²) in [6.45, 7) is 9.64. The number of ether oxygens (including phenoxy) is 2. The summed E-state index contributed by atoms with van der Waals surface area (Å²) in [7, 11) is 3.59. The minimum absolute atomic E-state index is 0.188. The van der Waals surface area contributed by atoms with Crippen molar-refractivity contribution in [3.05, 3.63) is 53.5 Å². The van der Waals surface area contributed by atoms with Gasteiger partial charge in [0.2, 0.25) is 0 Å². The molecule has 0 aliphatic carbocycles. The van der Waals surface area contributed by atoms with E-state index >= 15 is 0 Å². The SMILES string of the molecule is C=N/C(=C\C(=C/C)c1nc(-c2cccc(OCC(O)CNC)c2)nc(N[C@@H]2CCOC2)c1C)NC. The van der Waals surface area contributed by atoms with E-state index in [0.717, 1.165) is 41.2 Å². The number of anilines is 1. The maximum atomic E-state index is 9.98. The van der Waals surface area contributed by atoms with Gasteiger partial charge in [-0.1, -0.05) is 18.2 Å². The molecule has 0 radical (unpaired) electrons. The highest BCUT2D eigenvalue weighted by Gasteiger charge is 2.20. The van der Waals surface area contributed by atoms with Gasteiger partial charge in [0, 0.05) is 31.3 Å². The van der Waals surface area contributed by atoms with Crippen LogP contribution < -0.4 is 20.7 Å². The third-order valence-electron chi connectivity index (χ3n) is 5.69. The predicted octanol–water partition coefficient (Wildman–Crippen LogP) is 2.78. The molecule has 1 unspecified atom stereocenters. The van der Waals surface area contributed by atoms with Crippen molar-refractivity contribution in [1.29, 1.82) is 0 Å². The lowest BCUT2D eigenvalue weighted by atomic mass is 10.1. The van der Waals surface area contributed by atoms with Crippen LogP contribution in [0.25, 0.3) is 17.0 Å². The van der Waals surface area contributed by atoms with Gasteiger partial charge in [0.25, 0.3) is 0 Å². The molecule has 0 saturated carbocycles. The van der Waals surface area contributed by atoms with E-state index < -0.39 is 6.10 Å². The Bertz CT molecular complexity index is 1060. The maximum absolute atomic E-state index is 9.98. The topological polar surface area (TPSA) is 113 Å². The van der Waals surface area contributed by atoms with Crippen molar-refractivity contribution in [2.75, 3.05) is 45.8 Å². The standard InChI is InChI=1S/C26H36N6O3/c1-6-18(13-23(28-4)29-5)24-17(2)25(30-20-10-11-34-15-20)32-26(31-24)19-8-7-9-22(12-19)35-16-21(33)14-27-3/h6-9,12-13,20-21,27,29,33H,4,10-11,14-16H2,1-3,5H3,(H,30,31,32)/b18-6+,23-13+/t20-,21?/m1/s1. The summed E-state index contributed by atoms with van der Waals surface area (Å²) in [5.41, 5.74) is 3.45. The molecule has 9 heteroatoms. The monoisotopic (exact) mass is 480 g/mol. The molecule has 1 aliphatic rings. The molecule has 2 aromatic rings. The van der Waals surface area contributed by atoms with E-state index in [9.17, 15) is 5.11 Å². The zero-order valence-corrected chi connectivity index (χ0v) is 21.0. The fourth-order valence-electron chi connectivity index (χ4n) is 3.75. The number of aliphatic imine (C=N–C) groups is 1. The van der Waals surface area contributed by atoms with Crippen LogP contribution in [0.2, 0.25) is 0 Å². The number of benzene rings is 1. The molecular weight excluding hydrogens is 444 g/mol. The van der Waals surface area contributed by atoms with Crippen LogP contribution >= 0.6 is 0 Å². The first-order valence-corrected chi connectivity index (χ1v) is 11.8. The van der Waals surface area contributed by atoms with Gasteiger partial charge in [-0.25, -0.2) is 15.0 Å². The molecule has 0 amide bonds. The number of nitrogens with zero attached hydrogens (tertiary/aromatic N) is 3. The summed E-state index contributed by atoms with van der Waals surface area (Å²) in [6, 6.07) is 7.78. The van der Waals surface area contributed by atoms with Crippen molar-refractivity contribution in [1.82, 2.24) is 20.6 Å². The van der Waals surface area contributed by atoms with Gasteiger partial charge in [-0.15, -0.1) is 0 Å². The number of nitrogens with one attached hydrogen (secondary N) is 3. The molecule has 1 fully saturated rings. The molecule has 0 spiro atoms. The molecule has 1 aromatic heterocycles. The Balaban J connectivity index is 2.02. The highest BCUT2D eigenvalue weighted by Crippen LogP contribution is 2.30. The summed E-state index contributed by atoms with van der Waals surface area (Å²) in [4.78, 5) is 13.9. The first kappa shape index (κ1) is 26.3. The number of aromatic nitrogens is 2. The molecule has 1 aromatic carbocycles. The summed E-state index contributed by atoms with van der Waals surface area (Å²) in [6.07, 6.45) is 4.23. The van der Waals surface area contributed by atoms with E-state index in [1.807, 2.05) is 50.3 Å². The Hall–Kier alpha value is -3.27. The van der Waals surface area contributed by atoms with Gasteiger partial charge in [0.15, 0.2) is 5.82 Å². The average molecular weight is 481 g/mol. The number of hydrogen-bond donors (Lipinski definition) is 4. The predicted molar refractivity (Wildman–Crippen MR) is 141 cm³/mol. The third kappa shape index (κ3) is 7.11. The van der Waals surface area contributed by atoms with E-state index in [4.69, 9.17) is 19.4 Å². The smallest absolute Gasteiger partial charge is 0.162 e. The Labute approximate surface area is 207 Å². The van der Waals surface area contributed by atoms with Crippen LogP contribution in [0.1, 0.15) is 24.6 Å². The van der Waals surface area contributed by atoms with Crippen LogP contribution in [-0.2, 0) is 4.74 Å². The lowest BCUT2D eigenvalue weighted by Crippen LogP contribution is -2.29. The summed E-state index contributed by atoms with van der Waals surface area (Å²) < 4.78 is 11.3. The normalized spacial score (nSPS) is 17.2. The van der Waals surface area contributed by atoms with Crippen molar-refractivity contribution < 1.29 is 14.6 Å². The van der Waals surface area contributed by atoms with Gasteiger partial charge < -0.3 is 30.5 Å². The number of likely N-dealkylation sites (N-methyl/N-ethyl adjacent to an activating group) is 1. The zero-order valence-electron chi connectivity index (χ0n) is 21.0. The van der Waals surface area contributed by atoms with Crippen molar-refractivity contribution in [2.24, 2.45) is 4.99 Å². The highest BCUT2D eigenvalue weighted by molar-refractivity contribution is 5.78. The number of rotatable bonds is 12. The van der Waals surface area contributed by atoms with Gasteiger partial charge in [0.1, 0.15) is 30.1 Å². The van der Waals surface area contributed by atoms with Crippen molar-refractivity contribution in [3.8, 4) is 17.1 Å². The van der Waals surface area contributed by atoms with Crippen molar-refractivity contribution in [2.45, 2.75) is 32.4 Å². The van der Waals surface area contributed by atoms with Gasteiger partial charge >= 0.3 is 0 Å². The first-order chi connectivity index (χ1) is 17.0. The Morgan fingerprint density at radius 1 is 1.37 bits per heavy atom. The van der Waals surface area contributed by atoms with Gasteiger partial charge in [-0.2, -0.15) is 0 Å². The highest BCUT2D eigenvalue weighted by atomic mass is 16.5. The van der Waals surface area contributed by atoms with Crippen molar-refractivity contribution >= 4 is 18.1 Å². The second-order valence-electron chi connectivity index (χ2n) is 8.31. The quantitative estimate of drug-likeness (QED) is 0.271. The second-order valence-corrected chi connectivity index (χ2v) is 8.31. The van der Waals surface area contributed by atoms with E-state index in [1.54, 1.807) is 14.1 Å². The minimum Gasteiger partial charge on any atom is -0.491 e. The summed E-state index contributed by atoms with van der Waals surface area (Å²) >= 11 is 0. The van der Waals surface area contributed by atoms with E-state index in [1.165, 1.54) is 0 Å². The van der Waals surface area contributed by atoms with Crippen LogP contribution in [0.5, 0.6) is 5.75 Å². The van der Waals surface area contributed by atoms with Crippen LogP contribution in [0, 0.1) is 6.92 Å². The molecule has 3 rings (SSSR count). The Kier molecular flexibility index (Phi) is 9.77. The van der Waals surface area contributed by atoms with Crippen LogP contribution in [0.4, 0.5) is 5.82 Å². The molecular formula is C26H36N6O3. The third-order valence-corrected chi connectivity index (χ3v) is 5.69. The van der Waals surface area contributed by atoms with Gasteiger partial charge in [0.05, 0.1) is 18.3 Å². The molecule has 188 valence electrons. The second kappa shape index (κ2) is 13.0. The molecule has 35 heavy (non-hydrogen) atoms. The molecule has 9 nitrogen and oxygen atoms in total. The number of aliphatic hydroxyl groups excluding tert-OH is 1. The van der Waals surface area contributed by atoms with Crippen LogP contribution in [0.15, 0.2) is 47.2 Å². The number of allylic oxidation sites excluding steroid dienone is 3. The van der Waals surface area contributed by atoms with Crippen LogP contribution in [0.3, 0.4) is 0 Å². The molecule has 1 aliphatic heterocycles. The average Bonchev–Trinajstić information content (AvgIpc) is 3.39. The summed E-state index contributed by atoms with van der Waals surface area (Å²) in [5, 5.41) is 19.5. The van der Waals surface area contributed by atoms with Gasteiger partial charge in [-0.3, -0.25) is 0 Å². The lowest BCUT2D eigenvalue weighted by molar-refractivity contribution is 0.108. The molecule has 0 bridgehead atoms. The lowest BCUT2D eigenvalue weighted by Gasteiger charge is -2.18. The molecule has 2 heterocycles. The molecule has 4 N–H and O–H groups in total. The van der Waals surface area contributed by atoms with Crippen LogP contribution in [-0.4, -0.2) is 74.4 Å². The Morgan fingerprint density at radius 2 is 2.20 bits per heavy atom. The first-order valence-electron chi connectivity index (χ1n) is 11.8.